The molecule has 2 heterocycles. The van der Waals surface area contributed by atoms with Crippen LogP contribution in [-0.2, 0) is 9.59 Å². The molecule has 28 heavy (non-hydrogen) atoms. The minimum atomic E-state index is -0.719. The highest BCUT2D eigenvalue weighted by Crippen LogP contribution is 2.44. The topological polar surface area (TPSA) is 80.0 Å². The van der Waals surface area contributed by atoms with Crippen molar-refractivity contribution in [3.05, 3.63) is 59.1 Å². The zero-order valence-corrected chi connectivity index (χ0v) is 16.0. The summed E-state index contributed by atoms with van der Waals surface area (Å²) >= 11 is 0. The summed E-state index contributed by atoms with van der Waals surface area (Å²) in [6, 6.07) is 9.63. The number of ether oxygens (including phenoxy) is 1. The number of hydrogen-bond donors (Lipinski definition) is 1. The predicted octanol–water partition coefficient (Wildman–Crippen LogP) is 3.96. The van der Waals surface area contributed by atoms with Gasteiger partial charge in [-0.05, 0) is 44.0 Å². The first-order valence-corrected chi connectivity index (χ1v) is 9.52. The number of aryl methyl sites for hydroxylation is 1. The van der Waals surface area contributed by atoms with E-state index in [0.29, 0.717) is 22.8 Å². The van der Waals surface area contributed by atoms with Crippen molar-refractivity contribution in [3.63, 3.8) is 0 Å². The molecular formula is C22H23NO5. The average Bonchev–Trinajstić information content (AvgIpc) is 3.42. The Balaban J connectivity index is 1.87. The van der Waals surface area contributed by atoms with E-state index in [1.54, 1.807) is 41.3 Å². The predicted molar refractivity (Wildman–Crippen MR) is 103 cm³/mol. The van der Waals surface area contributed by atoms with Gasteiger partial charge >= 0.3 is 0 Å². The quantitative estimate of drug-likeness (QED) is 0.493. The van der Waals surface area contributed by atoms with Crippen LogP contribution in [0.25, 0.3) is 5.76 Å². The van der Waals surface area contributed by atoms with Crippen molar-refractivity contribution in [1.82, 2.24) is 4.90 Å². The van der Waals surface area contributed by atoms with Gasteiger partial charge in [0.25, 0.3) is 11.7 Å². The van der Waals surface area contributed by atoms with Crippen LogP contribution in [0.15, 0.2) is 46.4 Å². The Morgan fingerprint density at radius 3 is 2.57 bits per heavy atom. The number of likely N-dealkylation sites (tertiary alicyclic amines) is 1. The maximum atomic E-state index is 13.0. The monoisotopic (exact) mass is 381 g/mol. The first-order valence-electron chi connectivity index (χ1n) is 9.52. The molecule has 1 aromatic carbocycles. The zero-order chi connectivity index (χ0) is 19.8. The van der Waals surface area contributed by atoms with E-state index in [1.165, 1.54) is 7.11 Å². The summed E-state index contributed by atoms with van der Waals surface area (Å²) in [5, 5.41) is 11.0. The highest BCUT2D eigenvalue weighted by molar-refractivity contribution is 6.46. The van der Waals surface area contributed by atoms with Crippen molar-refractivity contribution in [2.75, 3.05) is 7.11 Å². The number of carbonyl (C=O) groups excluding carboxylic acids is 2. The molecule has 4 rings (SSSR count). The number of nitrogens with zero attached hydrogens (tertiary/aromatic N) is 1. The Morgan fingerprint density at radius 1 is 1.18 bits per heavy atom. The second-order valence-corrected chi connectivity index (χ2v) is 7.33. The summed E-state index contributed by atoms with van der Waals surface area (Å²) in [5.41, 5.74) is 0.497. The summed E-state index contributed by atoms with van der Waals surface area (Å²) in [7, 11) is 1.53. The smallest absolute Gasteiger partial charge is 0.296 e. The molecule has 2 aliphatic rings. The van der Waals surface area contributed by atoms with Gasteiger partial charge in [-0.1, -0.05) is 25.0 Å². The lowest BCUT2D eigenvalue weighted by Crippen LogP contribution is -2.37. The molecule has 6 nitrogen and oxygen atoms in total. The van der Waals surface area contributed by atoms with Gasteiger partial charge in [0.05, 0.1) is 12.7 Å². The summed E-state index contributed by atoms with van der Waals surface area (Å²) in [6.45, 7) is 1.81. The van der Waals surface area contributed by atoms with Gasteiger partial charge in [0, 0.05) is 11.6 Å². The third kappa shape index (κ3) is 2.99. The standard InChI is InChI=1S/C22H23NO5/c1-13-10-11-17(28-13)19-18(20(24)14-6-5-9-16(12-14)27-2)21(25)22(26)23(19)15-7-3-4-8-15/h5-6,9-12,15,19,24H,3-4,7-8H2,1-2H3/b20-18-. The molecule has 2 aromatic rings. The SMILES string of the molecule is COc1cccc(/C(O)=C2/C(=O)C(=O)N(C3CCCC3)C2c2ccc(C)o2)c1. The van der Waals surface area contributed by atoms with Gasteiger partial charge in [-0.15, -0.1) is 0 Å². The summed E-state index contributed by atoms with van der Waals surface area (Å²) < 4.78 is 11.0. The molecule has 1 saturated heterocycles. The lowest BCUT2D eigenvalue weighted by atomic mass is 9.98. The lowest BCUT2D eigenvalue weighted by molar-refractivity contribution is -0.141. The van der Waals surface area contributed by atoms with Crippen molar-refractivity contribution < 1.29 is 23.8 Å². The third-order valence-corrected chi connectivity index (χ3v) is 5.57. The highest BCUT2D eigenvalue weighted by Gasteiger charge is 2.50. The molecule has 1 saturated carbocycles. The third-order valence-electron chi connectivity index (χ3n) is 5.57. The van der Waals surface area contributed by atoms with Gasteiger partial charge < -0.3 is 19.2 Å². The molecule has 6 heteroatoms. The number of furan rings is 1. The number of ketones is 1. The number of rotatable bonds is 4. The molecule has 1 N–H and O–H groups in total. The van der Waals surface area contributed by atoms with Gasteiger partial charge in [0.2, 0.25) is 0 Å². The second-order valence-electron chi connectivity index (χ2n) is 7.33. The number of amides is 1. The van der Waals surface area contributed by atoms with Crippen LogP contribution >= 0.6 is 0 Å². The Labute approximate surface area is 163 Å². The van der Waals surface area contributed by atoms with Crippen LogP contribution in [0.3, 0.4) is 0 Å². The fourth-order valence-corrected chi connectivity index (χ4v) is 4.21. The van der Waals surface area contributed by atoms with E-state index < -0.39 is 17.7 Å². The van der Waals surface area contributed by atoms with Crippen molar-refractivity contribution in [3.8, 4) is 5.75 Å². The molecule has 1 unspecified atom stereocenters. The average molecular weight is 381 g/mol. The first-order chi connectivity index (χ1) is 13.5. The van der Waals surface area contributed by atoms with Crippen LogP contribution in [0.5, 0.6) is 5.75 Å². The first kappa shape index (κ1) is 18.3. The normalized spacial score (nSPS) is 22.2. The molecule has 1 atom stereocenters. The van der Waals surface area contributed by atoms with Crippen LogP contribution in [0.1, 0.15) is 48.8 Å². The molecule has 2 fully saturated rings. The number of benzene rings is 1. The summed E-state index contributed by atoms with van der Waals surface area (Å²) in [5.74, 6) is 0.277. The van der Waals surface area contributed by atoms with Crippen LogP contribution in [-0.4, -0.2) is 34.8 Å². The van der Waals surface area contributed by atoms with E-state index in [9.17, 15) is 14.7 Å². The molecule has 146 valence electrons. The largest absolute Gasteiger partial charge is 0.507 e. The maximum Gasteiger partial charge on any atom is 0.296 e. The molecule has 0 radical (unpaired) electrons. The molecule has 1 aromatic heterocycles. The number of aliphatic hydroxyl groups excluding tert-OH is 1. The van der Waals surface area contributed by atoms with E-state index in [0.717, 1.165) is 25.7 Å². The molecular weight excluding hydrogens is 358 g/mol. The number of hydrogen-bond acceptors (Lipinski definition) is 5. The Morgan fingerprint density at radius 2 is 1.93 bits per heavy atom. The van der Waals surface area contributed by atoms with Crippen molar-refractivity contribution in [2.45, 2.75) is 44.7 Å². The lowest BCUT2D eigenvalue weighted by Gasteiger charge is -2.29. The maximum absolute atomic E-state index is 13.0. The summed E-state index contributed by atoms with van der Waals surface area (Å²) in [6.07, 6.45) is 3.74. The minimum Gasteiger partial charge on any atom is -0.507 e. The summed E-state index contributed by atoms with van der Waals surface area (Å²) in [4.78, 5) is 27.5. The van der Waals surface area contributed by atoms with E-state index in [-0.39, 0.29) is 17.4 Å². The van der Waals surface area contributed by atoms with Crippen LogP contribution in [0.2, 0.25) is 0 Å². The fraction of sp³-hybridized carbons (Fsp3) is 0.364. The van der Waals surface area contributed by atoms with Crippen LogP contribution in [0, 0.1) is 6.92 Å². The second kappa shape index (κ2) is 7.19. The Kier molecular flexibility index (Phi) is 4.71. The van der Waals surface area contributed by atoms with Crippen LogP contribution in [0.4, 0.5) is 0 Å². The fourth-order valence-electron chi connectivity index (χ4n) is 4.21. The van der Waals surface area contributed by atoms with E-state index in [2.05, 4.69) is 0 Å². The Bertz CT molecular complexity index is 951. The van der Waals surface area contributed by atoms with Gasteiger partial charge in [-0.2, -0.15) is 0 Å². The van der Waals surface area contributed by atoms with E-state index in [1.807, 2.05) is 6.92 Å². The highest BCUT2D eigenvalue weighted by atomic mass is 16.5. The van der Waals surface area contributed by atoms with E-state index >= 15 is 0 Å². The van der Waals surface area contributed by atoms with Crippen molar-refractivity contribution in [1.29, 1.82) is 0 Å². The minimum absolute atomic E-state index is 0.0255. The zero-order valence-electron chi connectivity index (χ0n) is 16.0. The van der Waals surface area contributed by atoms with Crippen LogP contribution < -0.4 is 4.74 Å². The molecule has 0 bridgehead atoms. The van der Waals surface area contributed by atoms with Crippen molar-refractivity contribution >= 4 is 17.4 Å². The molecule has 0 spiro atoms. The molecule has 1 aliphatic heterocycles. The number of carbonyl (C=O) groups is 2. The van der Waals surface area contributed by atoms with Gasteiger partial charge in [-0.25, -0.2) is 0 Å². The van der Waals surface area contributed by atoms with Gasteiger partial charge in [0.15, 0.2) is 0 Å². The molecule has 1 amide bonds. The number of methoxy groups -OCH3 is 1. The number of Topliss-reactive ketones (excluding diaryl/α,β-unsaturated/α-hetero) is 1. The molecule has 1 aliphatic carbocycles. The van der Waals surface area contributed by atoms with E-state index in [4.69, 9.17) is 9.15 Å². The van der Waals surface area contributed by atoms with Crippen molar-refractivity contribution in [2.24, 2.45) is 0 Å². The van der Waals surface area contributed by atoms with Gasteiger partial charge in [0.1, 0.15) is 29.1 Å². The Hall–Kier alpha value is -3.02. The van der Waals surface area contributed by atoms with Gasteiger partial charge in [-0.3, -0.25) is 9.59 Å². The number of aliphatic hydroxyl groups is 1.